The molecule has 0 saturated heterocycles. The second kappa shape index (κ2) is 7.79. The summed E-state index contributed by atoms with van der Waals surface area (Å²) in [6.07, 6.45) is -4.22. The first-order chi connectivity index (χ1) is 12.8. The Morgan fingerprint density at radius 1 is 1.15 bits per heavy atom. The fraction of sp³-hybridized carbons (Fsp3) is 0.167. The third-order valence-electron chi connectivity index (χ3n) is 3.61. The van der Waals surface area contributed by atoms with Crippen LogP contribution in [0.4, 0.5) is 18.9 Å². The molecule has 0 aliphatic rings. The van der Waals surface area contributed by atoms with Crippen molar-refractivity contribution in [3.8, 4) is 11.4 Å². The van der Waals surface area contributed by atoms with E-state index in [2.05, 4.69) is 15.5 Å². The number of hydrogen-bond acceptors (Lipinski definition) is 4. The highest BCUT2D eigenvalue weighted by atomic mass is 35.5. The molecule has 0 bridgehead atoms. The summed E-state index contributed by atoms with van der Waals surface area (Å²) in [6, 6.07) is 11.3. The van der Waals surface area contributed by atoms with Gasteiger partial charge in [0.25, 0.3) is 0 Å². The zero-order valence-corrected chi connectivity index (χ0v) is 14.5. The molecular weight excluding hydrogens is 383 g/mol. The fourth-order valence-corrected chi connectivity index (χ4v) is 2.41. The van der Waals surface area contributed by atoms with Gasteiger partial charge in [0.05, 0.1) is 5.56 Å². The summed E-state index contributed by atoms with van der Waals surface area (Å²) in [5.41, 5.74) is -0.0151. The first-order valence-corrected chi connectivity index (χ1v) is 8.25. The van der Waals surface area contributed by atoms with Crippen molar-refractivity contribution in [3.63, 3.8) is 0 Å². The SMILES string of the molecule is O=C(CCc1nc(-c2cccc(C(F)(F)F)c2)no1)Nc1ccc(Cl)cc1. The molecule has 0 unspecified atom stereocenters. The minimum Gasteiger partial charge on any atom is -0.339 e. The number of aryl methyl sites for hydroxylation is 1. The van der Waals surface area contributed by atoms with Crippen molar-refractivity contribution >= 4 is 23.2 Å². The van der Waals surface area contributed by atoms with E-state index in [1.54, 1.807) is 24.3 Å². The van der Waals surface area contributed by atoms with Crippen molar-refractivity contribution < 1.29 is 22.5 Å². The third-order valence-corrected chi connectivity index (χ3v) is 3.86. The average molecular weight is 396 g/mol. The topological polar surface area (TPSA) is 68.0 Å². The lowest BCUT2D eigenvalue weighted by molar-refractivity contribution is -0.137. The number of benzene rings is 2. The molecule has 1 aromatic heterocycles. The second-order valence-electron chi connectivity index (χ2n) is 5.65. The lowest BCUT2D eigenvalue weighted by Crippen LogP contribution is -2.12. The van der Waals surface area contributed by atoms with Crippen molar-refractivity contribution in [2.45, 2.75) is 19.0 Å². The zero-order chi connectivity index (χ0) is 19.4. The van der Waals surface area contributed by atoms with Crippen LogP contribution in [0.5, 0.6) is 0 Å². The smallest absolute Gasteiger partial charge is 0.339 e. The number of amides is 1. The summed E-state index contributed by atoms with van der Waals surface area (Å²) in [5, 5.41) is 6.93. The van der Waals surface area contributed by atoms with E-state index in [1.807, 2.05) is 0 Å². The molecule has 0 atom stereocenters. The molecule has 3 aromatic rings. The molecule has 27 heavy (non-hydrogen) atoms. The Kier molecular flexibility index (Phi) is 5.46. The van der Waals surface area contributed by atoms with Gasteiger partial charge in [0.2, 0.25) is 17.6 Å². The first kappa shape index (κ1) is 18.9. The molecule has 0 aliphatic carbocycles. The molecule has 140 valence electrons. The van der Waals surface area contributed by atoms with E-state index in [0.717, 1.165) is 12.1 Å². The zero-order valence-electron chi connectivity index (χ0n) is 13.8. The molecule has 5 nitrogen and oxygen atoms in total. The molecule has 0 saturated carbocycles. The fourth-order valence-electron chi connectivity index (χ4n) is 2.29. The molecule has 0 radical (unpaired) electrons. The molecule has 1 heterocycles. The summed E-state index contributed by atoms with van der Waals surface area (Å²) >= 11 is 5.77. The Balaban J connectivity index is 1.61. The van der Waals surface area contributed by atoms with Crippen LogP contribution in [0.25, 0.3) is 11.4 Å². The Hall–Kier alpha value is -2.87. The van der Waals surface area contributed by atoms with Crippen LogP contribution < -0.4 is 5.32 Å². The van der Waals surface area contributed by atoms with Crippen LogP contribution in [-0.4, -0.2) is 16.0 Å². The number of nitrogens with zero attached hydrogens (tertiary/aromatic N) is 2. The maximum absolute atomic E-state index is 12.8. The minimum atomic E-state index is -4.46. The van der Waals surface area contributed by atoms with E-state index in [0.29, 0.717) is 10.7 Å². The standard InChI is InChI=1S/C18H13ClF3N3O2/c19-13-4-6-14(7-5-13)23-15(26)8-9-16-24-17(25-27-16)11-2-1-3-12(10-11)18(20,21)22/h1-7,10H,8-9H2,(H,23,26). The van der Waals surface area contributed by atoms with Gasteiger partial charge in [0, 0.05) is 29.1 Å². The molecule has 1 amide bonds. The van der Waals surface area contributed by atoms with Gasteiger partial charge in [-0.25, -0.2) is 0 Å². The minimum absolute atomic E-state index is 0.0363. The van der Waals surface area contributed by atoms with Gasteiger partial charge in [-0.15, -0.1) is 0 Å². The molecule has 2 aromatic carbocycles. The van der Waals surface area contributed by atoms with E-state index in [-0.39, 0.29) is 36.0 Å². The molecule has 0 fully saturated rings. The van der Waals surface area contributed by atoms with Gasteiger partial charge in [-0.05, 0) is 36.4 Å². The summed E-state index contributed by atoms with van der Waals surface area (Å²) < 4.78 is 43.4. The van der Waals surface area contributed by atoms with Crippen LogP contribution in [0.2, 0.25) is 5.02 Å². The quantitative estimate of drug-likeness (QED) is 0.661. The third kappa shape index (κ3) is 5.07. The van der Waals surface area contributed by atoms with Crippen molar-refractivity contribution in [2.24, 2.45) is 0 Å². The van der Waals surface area contributed by atoms with Crippen LogP contribution in [0, 0.1) is 0 Å². The molecule has 9 heteroatoms. The molecule has 1 N–H and O–H groups in total. The number of rotatable bonds is 5. The lowest BCUT2D eigenvalue weighted by Gasteiger charge is -2.06. The molecular formula is C18H13ClF3N3O2. The van der Waals surface area contributed by atoms with Crippen LogP contribution in [0.15, 0.2) is 53.1 Å². The summed E-state index contributed by atoms with van der Waals surface area (Å²) in [6.45, 7) is 0. The number of alkyl halides is 3. The summed E-state index contributed by atoms with van der Waals surface area (Å²) in [5.74, 6) is -0.0704. The van der Waals surface area contributed by atoms with Gasteiger partial charge >= 0.3 is 6.18 Å². The maximum Gasteiger partial charge on any atom is 0.416 e. The number of carbonyl (C=O) groups excluding carboxylic acids is 1. The monoisotopic (exact) mass is 395 g/mol. The average Bonchev–Trinajstić information content (AvgIpc) is 3.10. The number of aromatic nitrogens is 2. The largest absolute Gasteiger partial charge is 0.416 e. The van der Waals surface area contributed by atoms with Crippen LogP contribution in [-0.2, 0) is 17.4 Å². The van der Waals surface area contributed by atoms with E-state index < -0.39 is 11.7 Å². The Bertz CT molecular complexity index is 940. The summed E-state index contributed by atoms with van der Waals surface area (Å²) in [4.78, 5) is 16.0. The highest BCUT2D eigenvalue weighted by Crippen LogP contribution is 2.31. The normalized spacial score (nSPS) is 11.4. The second-order valence-corrected chi connectivity index (χ2v) is 6.08. The van der Waals surface area contributed by atoms with Gasteiger partial charge in [-0.1, -0.05) is 28.9 Å². The number of anilines is 1. The Labute approximate surface area is 157 Å². The predicted molar refractivity (Wildman–Crippen MR) is 93.1 cm³/mol. The predicted octanol–water partition coefficient (Wildman–Crippen LogP) is 4.98. The Morgan fingerprint density at radius 2 is 1.89 bits per heavy atom. The number of carbonyl (C=O) groups is 1. The van der Waals surface area contributed by atoms with Gasteiger partial charge in [0.1, 0.15) is 0 Å². The van der Waals surface area contributed by atoms with Crippen LogP contribution in [0.1, 0.15) is 17.9 Å². The van der Waals surface area contributed by atoms with Crippen molar-refractivity contribution in [1.29, 1.82) is 0 Å². The van der Waals surface area contributed by atoms with E-state index in [4.69, 9.17) is 16.1 Å². The molecule has 3 rings (SSSR count). The van der Waals surface area contributed by atoms with Crippen molar-refractivity contribution in [1.82, 2.24) is 10.1 Å². The van der Waals surface area contributed by atoms with Gasteiger partial charge in [-0.3, -0.25) is 4.79 Å². The number of nitrogens with one attached hydrogen (secondary N) is 1. The van der Waals surface area contributed by atoms with Gasteiger partial charge in [0.15, 0.2) is 0 Å². The van der Waals surface area contributed by atoms with E-state index >= 15 is 0 Å². The van der Waals surface area contributed by atoms with Gasteiger partial charge in [-0.2, -0.15) is 18.2 Å². The number of halogens is 4. The first-order valence-electron chi connectivity index (χ1n) is 7.87. The highest BCUT2D eigenvalue weighted by Gasteiger charge is 2.30. The maximum atomic E-state index is 12.8. The van der Waals surface area contributed by atoms with E-state index in [9.17, 15) is 18.0 Å². The molecule has 0 spiro atoms. The van der Waals surface area contributed by atoms with E-state index in [1.165, 1.54) is 12.1 Å². The van der Waals surface area contributed by atoms with Crippen LogP contribution >= 0.6 is 11.6 Å². The number of hydrogen-bond donors (Lipinski definition) is 1. The Morgan fingerprint density at radius 3 is 2.59 bits per heavy atom. The van der Waals surface area contributed by atoms with Gasteiger partial charge < -0.3 is 9.84 Å². The highest BCUT2D eigenvalue weighted by molar-refractivity contribution is 6.30. The molecule has 0 aliphatic heterocycles. The summed E-state index contributed by atoms with van der Waals surface area (Å²) in [7, 11) is 0. The van der Waals surface area contributed by atoms with Crippen molar-refractivity contribution in [2.75, 3.05) is 5.32 Å². The van der Waals surface area contributed by atoms with Crippen molar-refractivity contribution in [3.05, 3.63) is 65.0 Å². The van der Waals surface area contributed by atoms with Crippen LogP contribution in [0.3, 0.4) is 0 Å². The lowest BCUT2D eigenvalue weighted by atomic mass is 10.1.